The summed E-state index contributed by atoms with van der Waals surface area (Å²) in [4.78, 5) is 8.72. The van der Waals surface area contributed by atoms with Gasteiger partial charge in [0.15, 0.2) is 0 Å². The summed E-state index contributed by atoms with van der Waals surface area (Å²) >= 11 is 1.74. The second kappa shape index (κ2) is 2.96. The Balaban J connectivity index is 2.24. The molecule has 3 rings (SSSR count). The lowest BCUT2D eigenvalue weighted by atomic mass is 10.3. The van der Waals surface area contributed by atoms with Crippen molar-refractivity contribution in [3.05, 3.63) is 42.0 Å². The first-order valence-electron chi connectivity index (χ1n) is 4.40. The van der Waals surface area contributed by atoms with Crippen molar-refractivity contribution in [1.29, 1.82) is 0 Å². The summed E-state index contributed by atoms with van der Waals surface area (Å²) in [6.45, 7) is 0. The van der Waals surface area contributed by atoms with E-state index in [4.69, 9.17) is 0 Å². The maximum atomic E-state index is 4.09. The number of rotatable bonds is 1. The molecule has 0 fully saturated rings. The van der Waals surface area contributed by atoms with Crippen LogP contribution in [0, 0.1) is 0 Å². The van der Waals surface area contributed by atoms with E-state index in [1.807, 2.05) is 12.3 Å². The predicted molar refractivity (Wildman–Crippen MR) is 59.4 cm³/mol. The molecule has 0 bridgehead atoms. The van der Waals surface area contributed by atoms with Gasteiger partial charge in [0.05, 0.1) is 10.6 Å². The van der Waals surface area contributed by atoms with Gasteiger partial charge < -0.3 is 4.98 Å². The summed E-state index contributed by atoms with van der Waals surface area (Å²) in [6, 6.07) is 8.30. The molecule has 0 radical (unpaired) electrons. The minimum Gasteiger partial charge on any atom is -0.354 e. The van der Waals surface area contributed by atoms with Gasteiger partial charge in [-0.2, -0.15) is 0 Å². The van der Waals surface area contributed by atoms with Crippen LogP contribution in [0.4, 0.5) is 0 Å². The zero-order chi connectivity index (χ0) is 9.38. The van der Waals surface area contributed by atoms with Gasteiger partial charge in [-0.1, -0.05) is 6.07 Å². The Bertz CT molecular complexity index is 518. The summed E-state index contributed by atoms with van der Waals surface area (Å²) in [7, 11) is 0. The molecule has 68 valence electrons. The van der Waals surface area contributed by atoms with Crippen molar-refractivity contribution in [3.63, 3.8) is 0 Å². The Morgan fingerprint density at radius 1 is 1.29 bits per heavy atom. The normalized spacial score (nSPS) is 10.9. The standard InChI is InChI=1S/C11H8N2S/c1-2-11(14-5-1)10-6-8-7-12-4-3-9(8)13-10/h1-7,13H. The fourth-order valence-corrected chi connectivity index (χ4v) is 2.23. The number of pyridine rings is 1. The zero-order valence-corrected chi connectivity index (χ0v) is 8.21. The van der Waals surface area contributed by atoms with Crippen LogP contribution < -0.4 is 0 Å². The van der Waals surface area contributed by atoms with E-state index in [9.17, 15) is 0 Å². The van der Waals surface area contributed by atoms with Crippen LogP contribution in [0.3, 0.4) is 0 Å². The van der Waals surface area contributed by atoms with Crippen molar-refractivity contribution in [2.24, 2.45) is 0 Å². The van der Waals surface area contributed by atoms with Crippen LogP contribution in [0.25, 0.3) is 21.5 Å². The Morgan fingerprint density at radius 3 is 3.07 bits per heavy atom. The van der Waals surface area contributed by atoms with E-state index in [1.54, 1.807) is 17.5 Å². The Kier molecular flexibility index (Phi) is 1.64. The predicted octanol–water partition coefficient (Wildman–Crippen LogP) is 3.29. The second-order valence-corrected chi connectivity index (χ2v) is 4.07. The molecule has 0 aliphatic rings. The van der Waals surface area contributed by atoms with Crippen LogP contribution in [-0.2, 0) is 0 Å². The molecular weight excluding hydrogens is 192 g/mol. The average molecular weight is 200 g/mol. The molecule has 0 unspecified atom stereocenters. The molecule has 0 aromatic carbocycles. The minimum atomic E-state index is 1.14. The van der Waals surface area contributed by atoms with Crippen LogP contribution in [0.5, 0.6) is 0 Å². The number of nitrogens with zero attached hydrogens (tertiary/aromatic N) is 1. The highest BCUT2D eigenvalue weighted by atomic mass is 32.1. The van der Waals surface area contributed by atoms with Gasteiger partial charge in [-0.25, -0.2) is 0 Å². The van der Waals surface area contributed by atoms with Gasteiger partial charge >= 0.3 is 0 Å². The molecular formula is C11H8N2S. The van der Waals surface area contributed by atoms with E-state index in [-0.39, 0.29) is 0 Å². The SMILES string of the molecule is c1csc(-c2cc3cnccc3[nH]2)c1. The number of fused-ring (bicyclic) bond motifs is 1. The van der Waals surface area contributed by atoms with Gasteiger partial charge in [0.2, 0.25) is 0 Å². The molecule has 3 aromatic heterocycles. The summed E-state index contributed by atoms with van der Waals surface area (Å²) in [6.07, 6.45) is 3.68. The van der Waals surface area contributed by atoms with Crippen molar-refractivity contribution in [1.82, 2.24) is 9.97 Å². The molecule has 3 aromatic rings. The smallest absolute Gasteiger partial charge is 0.0566 e. The van der Waals surface area contributed by atoms with E-state index >= 15 is 0 Å². The minimum absolute atomic E-state index is 1.14. The number of hydrogen-bond donors (Lipinski definition) is 1. The van der Waals surface area contributed by atoms with Crippen LogP contribution in [-0.4, -0.2) is 9.97 Å². The number of H-pyrrole nitrogens is 1. The molecule has 3 heterocycles. The van der Waals surface area contributed by atoms with Gasteiger partial charge in [0.1, 0.15) is 0 Å². The van der Waals surface area contributed by atoms with Crippen LogP contribution in [0.2, 0.25) is 0 Å². The van der Waals surface area contributed by atoms with Crippen LogP contribution in [0.15, 0.2) is 42.0 Å². The maximum absolute atomic E-state index is 4.09. The molecule has 0 saturated carbocycles. The third-order valence-electron chi connectivity index (χ3n) is 2.21. The van der Waals surface area contributed by atoms with Gasteiger partial charge in [-0.15, -0.1) is 11.3 Å². The van der Waals surface area contributed by atoms with Crippen LogP contribution >= 0.6 is 11.3 Å². The van der Waals surface area contributed by atoms with Crippen molar-refractivity contribution in [2.75, 3.05) is 0 Å². The van der Waals surface area contributed by atoms with E-state index in [0.29, 0.717) is 0 Å². The molecule has 14 heavy (non-hydrogen) atoms. The topological polar surface area (TPSA) is 28.7 Å². The first-order chi connectivity index (χ1) is 6.93. The summed E-state index contributed by atoms with van der Waals surface area (Å²) < 4.78 is 0. The monoisotopic (exact) mass is 200 g/mol. The van der Waals surface area contributed by atoms with Gasteiger partial charge in [-0.3, -0.25) is 4.98 Å². The maximum Gasteiger partial charge on any atom is 0.0566 e. The number of nitrogens with one attached hydrogen (secondary N) is 1. The molecule has 0 saturated heterocycles. The first-order valence-corrected chi connectivity index (χ1v) is 5.28. The highest BCUT2D eigenvalue weighted by molar-refractivity contribution is 7.13. The largest absolute Gasteiger partial charge is 0.354 e. The molecule has 0 aliphatic carbocycles. The molecule has 0 spiro atoms. The number of thiophene rings is 1. The van der Waals surface area contributed by atoms with Crippen molar-refractivity contribution in [3.8, 4) is 10.6 Å². The van der Waals surface area contributed by atoms with Crippen molar-refractivity contribution < 1.29 is 0 Å². The Hall–Kier alpha value is -1.61. The fraction of sp³-hybridized carbons (Fsp3) is 0. The highest BCUT2D eigenvalue weighted by Gasteiger charge is 2.02. The van der Waals surface area contributed by atoms with Gasteiger partial charge in [-0.05, 0) is 23.6 Å². The van der Waals surface area contributed by atoms with E-state index < -0.39 is 0 Å². The summed E-state index contributed by atoms with van der Waals surface area (Å²) in [5, 5.41) is 3.25. The number of aromatic amines is 1. The van der Waals surface area contributed by atoms with Crippen LogP contribution in [0.1, 0.15) is 0 Å². The summed E-state index contributed by atoms with van der Waals surface area (Å²) in [5.74, 6) is 0. The van der Waals surface area contributed by atoms with Crippen molar-refractivity contribution >= 4 is 22.2 Å². The van der Waals surface area contributed by atoms with Gasteiger partial charge in [0.25, 0.3) is 0 Å². The third kappa shape index (κ3) is 1.14. The lowest BCUT2D eigenvalue weighted by Crippen LogP contribution is -1.69. The van der Waals surface area contributed by atoms with E-state index in [1.165, 1.54) is 10.6 Å². The Morgan fingerprint density at radius 2 is 2.29 bits per heavy atom. The summed E-state index contributed by atoms with van der Waals surface area (Å²) in [5.41, 5.74) is 2.31. The molecule has 1 N–H and O–H groups in total. The third-order valence-corrected chi connectivity index (χ3v) is 3.11. The molecule has 0 amide bonds. The lowest BCUT2D eigenvalue weighted by molar-refractivity contribution is 1.36. The highest BCUT2D eigenvalue weighted by Crippen LogP contribution is 2.26. The first kappa shape index (κ1) is 7.76. The zero-order valence-electron chi connectivity index (χ0n) is 7.40. The van der Waals surface area contributed by atoms with E-state index in [0.717, 1.165) is 10.9 Å². The quantitative estimate of drug-likeness (QED) is 0.641. The average Bonchev–Trinajstić information content (AvgIpc) is 2.86. The fourth-order valence-electron chi connectivity index (χ4n) is 1.54. The number of hydrogen-bond acceptors (Lipinski definition) is 2. The Labute approximate surface area is 85.2 Å². The molecule has 0 atom stereocenters. The molecule has 2 nitrogen and oxygen atoms in total. The van der Waals surface area contributed by atoms with Gasteiger partial charge in [0, 0.05) is 23.3 Å². The van der Waals surface area contributed by atoms with Crippen molar-refractivity contribution in [2.45, 2.75) is 0 Å². The second-order valence-electron chi connectivity index (χ2n) is 3.12. The molecule has 0 aliphatic heterocycles. The molecule has 3 heteroatoms. The number of aromatic nitrogens is 2. The van der Waals surface area contributed by atoms with E-state index in [2.05, 4.69) is 33.5 Å². The lowest BCUT2D eigenvalue weighted by Gasteiger charge is -1.88.